The van der Waals surface area contributed by atoms with Gasteiger partial charge in [-0.15, -0.1) is 0 Å². The van der Waals surface area contributed by atoms with Crippen molar-refractivity contribution in [3.63, 3.8) is 0 Å². The molecule has 0 atom stereocenters. The number of allylic oxidation sites excluding steroid dienone is 2. The van der Waals surface area contributed by atoms with Crippen LogP contribution >= 0.6 is 15.9 Å². The van der Waals surface area contributed by atoms with E-state index in [4.69, 9.17) is 20.3 Å². The average Bonchev–Trinajstić information content (AvgIpc) is 3.88. The van der Waals surface area contributed by atoms with Crippen molar-refractivity contribution in [2.75, 3.05) is 52.3 Å². The number of carboxylic acid groups (broad SMARTS) is 1. The van der Waals surface area contributed by atoms with Crippen LogP contribution in [0.1, 0.15) is 85.0 Å². The van der Waals surface area contributed by atoms with E-state index in [0.29, 0.717) is 37.2 Å². The Morgan fingerprint density at radius 1 is 0.686 bits per heavy atom. The minimum Gasteiger partial charge on any atom is -0.870 e. The fourth-order valence-corrected chi connectivity index (χ4v) is 3.88. The largest absolute Gasteiger partial charge is 1.00 e. The van der Waals surface area contributed by atoms with Crippen molar-refractivity contribution in [3.8, 4) is 0 Å². The van der Waals surface area contributed by atoms with Gasteiger partial charge in [0.15, 0.2) is 0 Å². The van der Waals surface area contributed by atoms with Gasteiger partial charge in [0.2, 0.25) is 0 Å². The SMILES string of the molecule is CCOC(=O)/C=C/CBr.CCOC(=O)/C=C/CCC1CC1.CCOC(=O)/C=C/CN(C)C1CC1.CN(C/C=C/C(=O)O)C1CC1.NC1CC1.[Li+].[OH-]. The summed E-state index contributed by atoms with van der Waals surface area (Å²) in [6.07, 6.45) is 25.4. The Hall–Kier alpha value is -2.24. The summed E-state index contributed by atoms with van der Waals surface area (Å²) < 4.78 is 14.1. The molecular weight excluding hydrogens is 717 g/mol. The molecule has 4 fully saturated rings. The first-order valence-corrected chi connectivity index (χ1v) is 18.7. The zero-order valence-electron chi connectivity index (χ0n) is 31.8. The molecule has 4 N–H and O–H groups in total. The Kier molecular flexibility index (Phi) is 36.3. The van der Waals surface area contributed by atoms with Crippen LogP contribution in [0.25, 0.3) is 0 Å². The summed E-state index contributed by atoms with van der Waals surface area (Å²) in [7, 11) is 4.09. The minimum absolute atomic E-state index is 0. The van der Waals surface area contributed by atoms with Crippen molar-refractivity contribution < 1.29 is 62.8 Å². The fraction of sp³-hybridized carbons (Fsp3) is 0.676. The number of alkyl halides is 1. The number of carbonyl (C=O) groups is 4. The molecule has 51 heavy (non-hydrogen) atoms. The minimum atomic E-state index is -0.866. The molecule has 0 heterocycles. The van der Waals surface area contributed by atoms with Crippen molar-refractivity contribution in [2.24, 2.45) is 11.7 Å². The summed E-state index contributed by atoms with van der Waals surface area (Å²) in [5.74, 6) is -0.664. The molecule has 14 heteroatoms. The van der Waals surface area contributed by atoms with E-state index in [1.807, 2.05) is 33.0 Å². The fourth-order valence-electron chi connectivity index (χ4n) is 3.69. The number of nitrogens with two attached hydrogens (primary N) is 1. The van der Waals surface area contributed by atoms with Crippen LogP contribution in [0.2, 0.25) is 0 Å². The first-order chi connectivity index (χ1) is 23.5. The molecule has 4 aliphatic carbocycles. The zero-order chi connectivity index (χ0) is 36.9. The third-order valence-corrected chi connectivity index (χ3v) is 7.53. The van der Waals surface area contributed by atoms with Gasteiger partial charge in [-0.1, -0.05) is 53.1 Å². The van der Waals surface area contributed by atoms with Crippen molar-refractivity contribution >= 4 is 39.8 Å². The van der Waals surface area contributed by atoms with Crippen LogP contribution in [-0.4, -0.2) is 115 Å². The summed E-state index contributed by atoms with van der Waals surface area (Å²) >= 11 is 3.13. The van der Waals surface area contributed by atoms with Crippen molar-refractivity contribution in [1.29, 1.82) is 0 Å². The van der Waals surface area contributed by atoms with Gasteiger partial charge in [-0.25, -0.2) is 19.2 Å². The van der Waals surface area contributed by atoms with E-state index < -0.39 is 5.97 Å². The molecule has 0 aliphatic heterocycles. The number of halogens is 1. The molecule has 0 aromatic rings. The summed E-state index contributed by atoms with van der Waals surface area (Å²) in [6, 6.07) is 2.03. The molecule has 0 saturated heterocycles. The number of nitrogens with zero attached hydrogens (tertiary/aromatic N) is 2. The summed E-state index contributed by atoms with van der Waals surface area (Å²) in [5, 5.41) is 8.96. The molecule has 0 radical (unpaired) electrons. The Morgan fingerprint density at radius 2 is 1.06 bits per heavy atom. The quantitative estimate of drug-likeness (QED) is 0.0727. The molecule has 0 aromatic heterocycles. The molecule has 288 valence electrons. The number of esters is 3. The predicted molar refractivity (Wildman–Crippen MR) is 200 cm³/mol. The third-order valence-electron chi connectivity index (χ3n) is 7.16. The van der Waals surface area contributed by atoms with Gasteiger partial charge in [0.25, 0.3) is 0 Å². The van der Waals surface area contributed by atoms with Gasteiger partial charge in [-0.3, -0.25) is 9.80 Å². The van der Waals surface area contributed by atoms with Crippen LogP contribution in [0.5, 0.6) is 0 Å². The van der Waals surface area contributed by atoms with E-state index in [0.717, 1.165) is 31.5 Å². The van der Waals surface area contributed by atoms with Crippen LogP contribution < -0.4 is 24.6 Å². The van der Waals surface area contributed by atoms with Gasteiger partial charge in [0.1, 0.15) is 0 Å². The summed E-state index contributed by atoms with van der Waals surface area (Å²) in [4.78, 5) is 46.6. The molecular formula is C37H63BrLiN3O9. The Balaban J connectivity index is -0.000000576. The van der Waals surface area contributed by atoms with Crippen LogP contribution in [0.4, 0.5) is 0 Å². The van der Waals surface area contributed by atoms with Crippen LogP contribution in [0.15, 0.2) is 48.6 Å². The second-order valence-corrected chi connectivity index (χ2v) is 12.7. The summed E-state index contributed by atoms with van der Waals surface area (Å²) in [6.45, 7) is 8.33. The van der Waals surface area contributed by atoms with Gasteiger partial charge in [0, 0.05) is 60.8 Å². The topological polar surface area (TPSA) is 179 Å². The van der Waals surface area contributed by atoms with Gasteiger partial charge >= 0.3 is 42.7 Å². The molecule has 0 aromatic carbocycles. The van der Waals surface area contributed by atoms with Crippen molar-refractivity contribution in [1.82, 2.24) is 9.80 Å². The number of rotatable bonds is 17. The normalized spacial score (nSPS) is 15.9. The van der Waals surface area contributed by atoms with E-state index >= 15 is 0 Å². The maximum atomic E-state index is 10.9. The molecule has 0 spiro atoms. The van der Waals surface area contributed by atoms with Crippen molar-refractivity contribution in [2.45, 2.75) is 103 Å². The zero-order valence-corrected chi connectivity index (χ0v) is 33.4. The van der Waals surface area contributed by atoms with E-state index in [1.165, 1.54) is 82.1 Å². The monoisotopic (exact) mass is 779 g/mol. The number of hydrogen-bond donors (Lipinski definition) is 2. The molecule has 0 bridgehead atoms. The van der Waals surface area contributed by atoms with Crippen LogP contribution in [-0.2, 0) is 33.4 Å². The van der Waals surface area contributed by atoms with Gasteiger partial charge in [-0.05, 0) is 92.2 Å². The first kappa shape index (κ1) is 53.1. The number of carbonyl (C=O) groups excluding carboxylic acids is 3. The van der Waals surface area contributed by atoms with Crippen LogP contribution in [0, 0.1) is 5.92 Å². The van der Waals surface area contributed by atoms with Gasteiger partial charge in [0.05, 0.1) is 19.8 Å². The van der Waals surface area contributed by atoms with E-state index in [2.05, 4.69) is 37.5 Å². The number of likely N-dealkylation sites (N-methyl/N-ethyl adjacent to an activating group) is 2. The molecule has 4 rings (SSSR count). The molecule has 4 aliphatic rings. The molecule has 0 amide bonds. The first-order valence-electron chi connectivity index (χ1n) is 17.6. The molecule has 4 saturated carbocycles. The second-order valence-electron chi connectivity index (χ2n) is 12.1. The summed E-state index contributed by atoms with van der Waals surface area (Å²) in [5.41, 5.74) is 5.22. The number of ether oxygens (including phenoxy) is 3. The Labute approximate surface area is 326 Å². The third kappa shape index (κ3) is 40.4. The average molecular weight is 781 g/mol. The smallest absolute Gasteiger partial charge is 0.870 e. The molecule has 12 nitrogen and oxygen atoms in total. The van der Waals surface area contributed by atoms with E-state index in [-0.39, 0.29) is 42.2 Å². The second kappa shape index (κ2) is 34.8. The maximum absolute atomic E-state index is 10.9. The predicted octanol–water partition coefficient (Wildman–Crippen LogP) is 2.65. The standard InChI is InChI=1S/C10H17NO2.C10H16O2.C8H13NO2.C6H9BrO2.C3H7N.Li.H2O/c1-3-13-10(12)5-4-8-11(2)9-6-7-9;1-2-12-10(11)6-4-3-5-9-7-8-9;1-9(7-4-5-7)6-2-3-8(10)11;1-2-9-6(8)4-3-5-7;4-3-1-2-3;;/h4-5,9H,3,6-8H2,1-2H3;4,6,9H,2-3,5,7-8H2,1H3;2-3,7H,4-6H2,1H3,(H,10,11);3-4H,2,5H2,1H3;3H,1-2,4H2;;1H2/q;;;;;+1;/p-1/b5-4+;6-4+;3-2+;4-3+;;;. The van der Waals surface area contributed by atoms with E-state index in [1.54, 1.807) is 19.1 Å². The Morgan fingerprint density at radius 3 is 1.37 bits per heavy atom. The van der Waals surface area contributed by atoms with E-state index in [9.17, 15) is 19.2 Å². The number of carboxylic acids is 1. The van der Waals surface area contributed by atoms with Crippen LogP contribution in [0.3, 0.4) is 0 Å². The Bertz CT molecular complexity index is 1040. The van der Waals surface area contributed by atoms with Gasteiger partial charge < -0.3 is 30.5 Å². The van der Waals surface area contributed by atoms with Crippen molar-refractivity contribution in [3.05, 3.63) is 48.6 Å². The van der Waals surface area contributed by atoms with Gasteiger partial charge in [-0.2, -0.15) is 0 Å². The number of aliphatic carboxylic acids is 1. The maximum Gasteiger partial charge on any atom is 1.00 e. The number of hydrogen-bond acceptors (Lipinski definition) is 11. The molecule has 0 unspecified atom stereocenters.